The number of nitrogens with zero attached hydrogens (tertiary/aromatic N) is 3. The number of hydrogen-bond donors (Lipinski definition) is 0. The standard InChI is InChI=1S/C15H15N3O/c1-9-5-10(2)15(19-4)13(6-9)14-7-12(8-16)17-11(3)18-14/h5-7H,1-4H3. The first-order valence-electron chi connectivity index (χ1n) is 5.96. The van der Waals surface area contributed by atoms with Crippen LogP contribution in [0.1, 0.15) is 22.6 Å². The minimum Gasteiger partial charge on any atom is -0.496 e. The molecule has 0 spiro atoms. The van der Waals surface area contributed by atoms with Gasteiger partial charge in [0, 0.05) is 11.6 Å². The van der Waals surface area contributed by atoms with Gasteiger partial charge in [-0.05, 0) is 38.0 Å². The van der Waals surface area contributed by atoms with Gasteiger partial charge in [0.05, 0.1) is 12.8 Å². The summed E-state index contributed by atoms with van der Waals surface area (Å²) in [6, 6.07) is 7.80. The second kappa shape index (κ2) is 5.07. The molecule has 2 aromatic rings. The third-order valence-electron chi connectivity index (χ3n) is 2.85. The molecule has 96 valence electrons. The molecule has 2 rings (SSSR count). The van der Waals surface area contributed by atoms with Gasteiger partial charge >= 0.3 is 0 Å². The Morgan fingerprint density at radius 3 is 2.47 bits per heavy atom. The van der Waals surface area contributed by atoms with Crippen molar-refractivity contribution in [3.63, 3.8) is 0 Å². The highest BCUT2D eigenvalue weighted by atomic mass is 16.5. The summed E-state index contributed by atoms with van der Waals surface area (Å²) in [7, 11) is 1.64. The van der Waals surface area contributed by atoms with E-state index in [-0.39, 0.29) is 0 Å². The topological polar surface area (TPSA) is 58.8 Å². The summed E-state index contributed by atoms with van der Waals surface area (Å²) in [6.07, 6.45) is 0. The Morgan fingerprint density at radius 1 is 1.11 bits per heavy atom. The summed E-state index contributed by atoms with van der Waals surface area (Å²) < 4.78 is 5.46. The molecule has 0 aliphatic heterocycles. The van der Waals surface area contributed by atoms with Crippen LogP contribution in [0.15, 0.2) is 18.2 Å². The van der Waals surface area contributed by atoms with Crippen LogP contribution in [-0.2, 0) is 0 Å². The lowest BCUT2D eigenvalue weighted by Crippen LogP contribution is -1.98. The number of benzene rings is 1. The average Bonchev–Trinajstić information content (AvgIpc) is 2.37. The summed E-state index contributed by atoms with van der Waals surface area (Å²) >= 11 is 0. The van der Waals surface area contributed by atoms with Crippen molar-refractivity contribution in [2.75, 3.05) is 7.11 Å². The number of hydrogen-bond acceptors (Lipinski definition) is 4. The molecule has 1 aromatic heterocycles. The van der Waals surface area contributed by atoms with Crippen LogP contribution in [-0.4, -0.2) is 17.1 Å². The Labute approximate surface area is 112 Å². The Bertz CT molecular complexity index is 672. The Morgan fingerprint density at radius 2 is 1.84 bits per heavy atom. The first kappa shape index (κ1) is 13.0. The van der Waals surface area contributed by atoms with Crippen LogP contribution in [0.25, 0.3) is 11.3 Å². The highest BCUT2D eigenvalue weighted by Gasteiger charge is 2.12. The zero-order valence-electron chi connectivity index (χ0n) is 11.5. The highest BCUT2D eigenvalue weighted by molar-refractivity contribution is 5.70. The molecule has 0 unspecified atom stereocenters. The lowest BCUT2D eigenvalue weighted by molar-refractivity contribution is 0.413. The average molecular weight is 253 g/mol. The molecule has 0 aliphatic carbocycles. The fourth-order valence-electron chi connectivity index (χ4n) is 2.18. The fourth-order valence-corrected chi connectivity index (χ4v) is 2.18. The molecule has 0 radical (unpaired) electrons. The number of methoxy groups -OCH3 is 1. The molecular weight excluding hydrogens is 238 g/mol. The quantitative estimate of drug-likeness (QED) is 0.825. The van der Waals surface area contributed by atoms with E-state index in [4.69, 9.17) is 10.00 Å². The van der Waals surface area contributed by atoms with Crippen molar-refractivity contribution < 1.29 is 4.74 Å². The molecule has 0 saturated heterocycles. The molecule has 4 nitrogen and oxygen atoms in total. The van der Waals surface area contributed by atoms with Crippen molar-refractivity contribution in [2.45, 2.75) is 20.8 Å². The first-order chi connectivity index (χ1) is 9.05. The molecule has 0 N–H and O–H groups in total. The van der Waals surface area contributed by atoms with Crippen molar-refractivity contribution in [1.82, 2.24) is 9.97 Å². The number of rotatable bonds is 2. The number of aryl methyl sites for hydroxylation is 3. The van der Waals surface area contributed by atoms with E-state index in [1.54, 1.807) is 20.1 Å². The summed E-state index contributed by atoms with van der Waals surface area (Å²) in [5, 5.41) is 9.00. The van der Waals surface area contributed by atoms with E-state index in [9.17, 15) is 0 Å². The lowest BCUT2D eigenvalue weighted by Gasteiger charge is -2.12. The Balaban J connectivity index is 2.71. The predicted octanol–water partition coefficient (Wildman–Crippen LogP) is 2.95. The summed E-state index contributed by atoms with van der Waals surface area (Å²) in [5.74, 6) is 1.36. The fraction of sp³-hybridized carbons (Fsp3) is 0.267. The molecule has 0 bridgehead atoms. The molecule has 0 aliphatic rings. The number of nitriles is 1. The van der Waals surface area contributed by atoms with Gasteiger partial charge in [-0.15, -0.1) is 0 Å². The van der Waals surface area contributed by atoms with Gasteiger partial charge in [0.1, 0.15) is 23.3 Å². The molecule has 1 aromatic carbocycles. The second-order valence-corrected chi connectivity index (χ2v) is 4.46. The Hall–Kier alpha value is -2.41. The highest BCUT2D eigenvalue weighted by Crippen LogP contribution is 2.33. The SMILES string of the molecule is COc1c(C)cc(C)cc1-c1cc(C#N)nc(C)n1. The summed E-state index contributed by atoms with van der Waals surface area (Å²) in [6.45, 7) is 5.79. The van der Waals surface area contributed by atoms with Crippen LogP contribution >= 0.6 is 0 Å². The summed E-state index contributed by atoms with van der Waals surface area (Å²) in [4.78, 5) is 8.47. The number of ether oxygens (including phenoxy) is 1. The molecule has 0 amide bonds. The van der Waals surface area contributed by atoms with E-state index in [2.05, 4.69) is 22.1 Å². The molecule has 0 saturated carbocycles. The molecule has 0 atom stereocenters. The second-order valence-electron chi connectivity index (χ2n) is 4.46. The monoisotopic (exact) mass is 253 g/mol. The number of aromatic nitrogens is 2. The summed E-state index contributed by atoms with van der Waals surface area (Å²) in [5.41, 5.74) is 4.15. The van der Waals surface area contributed by atoms with Gasteiger partial charge in [-0.25, -0.2) is 9.97 Å². The van der Waals surface area contributed by atoms with E-state index in [0.29, 0.717) is 17.2 Å². The maximum atomic E-state index is 9.00. The van der Waals surface area contributed by atoms with Gasteiger partial charge in [0.2, 0.25) is 0 Å². The maximum absolute atomic E-state index is 9.00. The minimum absolute atomic E-state index is 0.365. The van der Waals surface area contributed by atoms with Crippen molar-refractivity contribution in [2.24, 2.45) is 0 Å². The van der Waals surface area contributed by atoms with E-state index in [1.807, 2.05) is 19.9 Å². The zero-order chi connectivity index (χ0) is 14.0. The van der Waals surface area contributed by atoms with Crippen molar-refractivity contribution >= 4 is 0 Å². The van der Waals surface area contributed by atoms with Crippen LogP contribution < -0.4 is 4.74 Å². The lowest BCUT2D eigenvalue weighted by atomic mass is 10.0. The van der Waals surface area contributed by atoms with Gasteiger partial charge in [-0.2, -0.15) is 5.26 Å². The third-order valence-corrected chi connectivity index (χ3v) is 2.85. The molecule has 0 fully saturated rings. The van der Waals surface area contributed by atoms with E-state index < -0.39 is 0 Å². The van der Waals surface area contributed by atoms with E-state index in [0.717, 1.165) is 22.4 Å². The van der Waals surface area contributed by atoms with E-state index in [1.165, 1.54) is 0 Å². The van der Waals surface area contributed by atoms with Gasteiger partial charge in [0.25, 0.3) is 0 Å². The van der Waals surface area contributed by atoms with Crippen molar-refractivity contribution in [1.29, 1.82) is 5.26 Å². The van der Waals surface area contributed by atoms with Gasteiger partial charge in [0.15, 0.2) is 0 Å². The van der Waals surface area contributed by atoms with Crippen molar-refractivity contribution in [3.8, 4) is 23.1 Å². The third kappa shape index (κ3) is 2.55. The van der Waals surface area contributed by atoms with Crippen molar-refractivity contribution in [3.05, 3.63) is 40.8 Å². The van der Waals surface area contributed by atoms with Gasteiger partial charge in [-0.1, -0.05) is 6.07 Å². The molecule has 1 heterocycles. The van der Waals surface area contributed by atoms with Crippen LogP contribution in [0, 0.1) is 32.1 Å². The van der Waals surface area contributed by atoms with Crippen LogP contribution in [0.2, 0.25) is 0 Å². The predicted molar refractivity (Wildman–Crippen MR) is 72.9 cm³/mol. The van der Waals surface area contributed by atoms with Crippen LogP contribution in [0.4, 0.5) is 0 Å². The smallest absolute Gasteiger partial charge is 0.144 e. The van der Waals surface area contributed by atoms with E-state index >= 15 is 0 Å². The Kier molecular flexibility index (Phi) is 3.48. The minimum atomic E-state index is 0.365. The maximum Gasteiger partial charge on any atom is 0.144 e. The molecule has 4 heteroatoms. The van der Waals surface area contributed by atoms with Crippen LogP contribution in [0.3, 0.4) is 0 Å². The van der Waals surface area contributed by atoms with Crippen LogP contribution in [0.5, 0.6) is 5.75 Å². The molecular formula is C15H15N3O. The zero-order valence-corrected chi connectivity index (χ0v) is 11.5. The van der Waals surface area contributed by atoms with Gasteiger partial charge in [-0.3, -0.25) is 0 Å². The van der Waals surface area contributed by atoms with Gasteiger partial charge < -0.3 is 4.74 Å². The normalized spacial score (nSPS) is 10.1. The largest absolute Gasteiger partial charge is 0.496 e. The molecule has 19 heavy (non-hydrogen) atoms. The first-order valence-corrected chi connectivity index (χ1v) is 5.96.